The number of likely N-dealkylation sites (N-methyl/N-ethyl adjacent to an activating group) is 1. The van der Waals surface area contributed by atoms with Crippen LogP contribution >= 0.6 is 12.2 Å². The van der Waals surface area contributed by atoms with Crippen LogP contribution in [0.25, 0.3) is 0 Å². The van der Waals surface area contributed by atoms with Crippen LogP contribution in [0.4, 0.5) is 23.0 Å². The number of benzene rings is 1. The van der Waals surface area contributed by atoms with Gasteiger partial charge in [0, 0.05) is 71.0 Å². The van der Waals surface area contributed by atoms with Crippen molar-refractivity contribution in [2.24, 2.45) is 11.7 Å². The lowest BCUT2D eigenvalue weighted by Gasteiger charge is -2.38. The Morgan fingerprint density at radius 3 is 2.34 bits per heavy atom. The SMILES string of the molecule is CN1CCN([C@@H]2CCCN(c3cnc(C(N)=O)c(Nc4ccc(C5CCN(CC6CCN(c7ccc(C(=O)N[C@H]8CCC(=O)NC8=O)nc7)CC6)CC5)cc4)n3)C2)C1=S. The summed E-state index contributed by atoms with van der Waals surface area (Å²) >= 11 is 5.69. The lowest BCUT2D eigenvalue weighted by molar-refractivity contribution is -0.134. The number of aromatic nitrogens is 3. The van der Waals surface area contributed by atoms with Gasteiger partial charge in [-0.1, -0.05) is 12.1 Å². The number of carbonyl (C=O) groups is 4. The van der Waals surface area contributed by atoms with Crippen molar-refractivity contribution in [2.75, 3.05) is 81.1 Å². The molecule has 5 aliphatic rings. The highest BCUT2D eigenvalue weighted by Gasteiger charge is 2.33. The van der Waals surface area contributed by atoms with Crippen molar-refractivity contribution in [3.8, 4) is 0 Å². The molecular formula is C42H54N12O4S. The van der Waals surface area contributed by atoms with Gasteiger partial charge in [0.15, 0.2) is 16.6 Å². The molecule has 3 aromatic rings. The van der Waals surface area contributed by atoms with Crippen LogP contribution in [0.2, 0.25) is 0 Å². The summed E-state index contributed by atoms with van der Waals surface area (Å²) in [5.41, 5.74) is 9.24. The van der Waals surface area contributed by atoms with Crippen LogP contribution in [0.5, 0.6) is 0 Å². The van der Waals surface area contributed by atoms with Crippen LogP contribution in [0.3, 0.4) is 0 Å². The number of primary amides is 1. The van der Waals surface area contributed by atoms with E-state index in [1.807, 2.05) is 13.1 Å². The Morgan fingerprint density at radius 1 is 0.881 bits per heavy atom. The Morgan fingerprint density at radius 2 is 1.66 bits per heavy atom. The minimum atomic E-state index is -0.727. The summed E-state index contributed by atoms with van der Waals surface area (Å²) in [7, 11) is 2.04. The third-order valence-corrected chi connectivity index (χ3v) is 13.2. The molecule has 0 bridgehead atoms. The first kappa shape index (κ1) is 40.4. The van der Waals surface area contributed by atoms with Gasteiger partial charge in [0.25, 0.3) is 11.8 Å². The van der Waals surface area contributed by atoms with Gasteiger partial charge in [-0.25, -0.2) is 15.0 Å². The van der Waals surface area contributed by atoms with Crippen LogP contribution < -0.4 is 31.5 Å². The van der Waals surface area contributed by atoms with Crippen molar-refractivity contribution in [1.82, 2.24) is 40.3 Å². The summed E-state index contributed by atoms with van der Waals surface area (Å²) in [6.07, 6.45) is 10.4. The second-order valence-electron chi connectivity index (χ2n) is 16.6. The second-order valence-corrected chi connectivity index (χ2v) is 16.9. The van der Waals surface area contributed by atoms with E-state index >= 15 is 0 Å². The van der Waals surface area contributed by atoms with E-state index in [0.29, 0.717) is 23.7 Å². The summed E-state index contributed by atoms with van der Waals surface area (Å²) in [4.78, 5) is 73.8. The van der Waals surface area contributed by atoms with Crippen molar-refractivity contribution in [1.29, 1.82) is 0 Å². The van der Waals surface area contributed by atoms with Crippen molar-refractivity contribution in [2.45, 2.75) is 69.4 Å². The number of hydrogen-bond acceptors (Lipinski definition) is 12. The Kier molecular flexibility index (Phi) is 12.2. The van der Waals surface area contributed by atoms with E-state index in [-0.39, 0.29) is 30.1 Å². The van der Waals surface area contributed by atoms with E-state index in [1.165, 1.54) is 5.56 Å². The van der Waals surface area contributed by atoms with Crippen LogP contribution in [-0.4, -0.2) is 136 Å². The molecule has 5 fully saturated rings. The molecule has 16 nitrogen and oxygen atoms in total. The van der Waals surface area contributed by atoms with Crippen molar-refractivity contribution in [3.63, 3.8) is 0 Å². The number of amides is 4. The van der Waals surface area contributed by atoms with Gasteiger partial charge in [-0.05, 0) is 112 Å². The monoisotopic (exact) mass is 822 g/mol. The van der Waals surface area contributed by atoms with Crippen molar-refractivity contribution >= 4 is 64.0 Å². The number of anilines is 4. The number of nitrogens with one attached hydrogen (secondary N) is 3. The third-order valence-electron chi connectivity index (χ3n) is 12.7. The number of nitrogens with zero attached hydrogens (tertiary/aromatic N) is 8. The maximum atomic E-state index is 12.7. The molecule has 17 heteroatoms. The zero-order chi connectivity index (χ0) is 41.0. The number of thiocarbonyl (C=S) groups is 1. The lowest BCUT2D eigenvalue weighted by Crippen LogP contribution is -2.52. The van der Waals surface area contributed by atoms with Gasteiger partial charge in [-0.3, -0.25) is 24.5 Å². The van der Waals surface area contributed by atoms with Gasteiger partial charge in [-0.15, -0.1) is 0 Å². The van der Waals surface area contributed by atoms with Gasteiger partial charge in [0.1, 0.15) is 17.6 Å². The quantitative estimate of drug-likeness (QED) is 0.164. The largest absolute Gasteiger partial charge is 0.370 e. The first-order valence-electron chi connectivity index (χ1n) is 21.0. The number of carbonyl (C=O) groups excluding carboxylic acids is 4. The summed E-state index contributed by atoms with van der Waals surface area (Å²) in [5.74, 6) is 0.364. The third kappa shape index (κ3) is 9.41. The first-order valence-corrected chi connectivity index (χ1v) is 21.4. The first-order chi connectivity index (χ1) is 28.6. The Bertz CT molecular complexity index is 2040. The molecule has 0 saturated carbocycles. The van der Waals surface area contributed by atoms with Crippen LogP contribution in [0.15, 0.2) is 48.8 Å². The van der Waals surface area contributed by atoms with Crippen LogP contribution in [0, 0.1) is 5.92 Å². The minimum absolute atomic E-state index is 0.119. The molecule has 0 aliphatic carbocycles. The van der Waals surface area contributed by atoms with Crippen LogP contribution in [-0.2, 0) is 9.59 Å². The molecule has 8 rings (SSSR count). The predicted molar refractivity (Wildman–Crippen MR) is 229 cm³/mol. The van der Waals surface area contributed by atoms with E-state index < -0.39 is 23.8 Å². The molecule has 5 saturated heterocycles. The molecule has 0 unspecified atom stereocenters. The molecule has 312 valence electrons. The summed E-state index contributed by atoms with van der Waals surface area (Å²) < 4.78 is 0. The van der Waals surface area contributed by atoms with Gasteiger partial charge >= 0.3 is 0 Å². The van der Waals surface area contributed by atoms with Gasteiger partial charge in [-0.2, -0.15) is 0 Å². The Labute approximate surface area is 350 Å². The maximum Gasteiger partial charge on any atom is 0.271 e. The van der Waals surface area contributed by atoms with Crippen molar-refractivity contribution < 1.29 is 19.2 Å². The number of likely N-dealkylation sites (tertiary alicyclic amines) is 1. The topological polar surface area (TPSA) is 185 Å². The molecule has 7 heterocycles. The number of rotatable bonds is 11. The molecule has 4 amide bonds. The summed E-state index contributed by atoms with van der Waals surface area (Å²) in [6.45, 7) is 8.64. The normalized spacial score (nSPS) is 22.4. The number of imide groups is 1. The maximum absolute atomic E-state index is 12.7. The molecule has 59 heavy (non-hydrogen) atoms. The molecule has 2 atom stereocenters. The number of nitrogens with two attached hydrogens (primary N) is 1. The van der Waals surface area contributed by atoms with Gasteiger partial charge in [0.05, 0.1) is 18.1 Å². The van der Waals surface area contributed by atoms with Gasteiger partial charge < -0.3 is 40.9 Å². The van der Waals surface area contributed by atoms with E-state index in [4.69, 9.17) is 22.9 Å². The number of piperidine rings is 4. The highest BCUT2D eigenvalue weighted by atomic mass is 32.1. The summed E-state index contributed by atoms with van der Waals surface area (Å²) in [6, 6.07) is 11.7. The fourth-order valence-corrected chi connectivity index (χ4v) is 9.49. The zero-order valence-electron chi connectivity index (χ0n) is 33.6. The highest BCUT2D eigenvalue weighted by Crippen LogP contribution is 2.32. The molecule has 0 spiro atoms. The fraction of sp³-hybridized carbons (Fsp3) is 0.524. The van der Waals surface area contributed by atoms with E-state index in [2.05, 4.69) is 74.7 Å². The molecule has 5 N–H and O–H groups in total. The highest BCUT2D eigenvalue weighted by molar-refractivity contribution is 7.80. The average molecular weight is 823 g/mol. The predicted octanol–water partition coefficient (Wildman–Crippen LogP) is 2.85. The van der Waals surface area contributed by atoms with E-state index in [1.54, 1.807) is 18.5 Å². The average Bonchev–Trinajstić information content (AvgIpc) is 3.59. The zero-order valence-corrected chi connectivity index (χ0v) is 34.5. The number of pyridine rings is 1. The van der Waals surface area contributed by atoms with Gasteiger partial charge in [0.2, 0.25) is 11.8 Å². The Hall–Kier alpha value is -5.42. The molecular weight excluding hydrogens is 769 g/mol. The Balaban J connectivity index is 0.789. The van der Waals surface area contributed by atoms with Crippen LogP contribution in [0.1, 0.15) is 83.8 Å². The second kappa shape index (κ2) is 17.8. The summed E-state index contributed by atoms with van der Waals surface area (Å²) in [5, 5.41) is 9.19. The van der Waals surface area contributed by atoms with E-state index in [9.17, 15) is 19.2 Å². The smallest absolute Gasteiger partial charge is 0.271 e. The minimum Gasteiger partial charge on any atom is -0.370 e. The number of hydrogen-bond donors (Lipinski definition) is 4. The standard InChI is InChI=1S/C42H54N12O4S/c1-50-21-22-54(42(50)59)32-3-2-16-53(26-32)35-24-45-37(38(43)56)39(48-35)46-30-6-4-28(5-7-30)29-14-17-51(18-15-29)25-27-12-19-52(20-13-27)31-8-9-33(44-23-31)40(57)47-34-10-11-36(55)49-41(34)58/h4-9,23-24,27,29,32,34H,2-3,10-22,25-26H2,1H3,(H2,43,56)(H,46,48)(H,47,57)(H,49,55,58)/t32-,34+/m1/s1. The molecule has 1 aromatic carbocycles. The fourth-order valence-electron chi connectivity index (χ4n) is 9.16. The molecule has 2 aromatic heterocycles. The molecule has 0 radical (unpaired) electrons. The van der Waals surface area contributed by atoms with Crippen molar-refractivity contribution in [3.05, 3.63) is 65.7 Å². The van der Waals surface area contributed by atoms with E-state index in [0.717, 1.165) is 120 Å². The molecule has 5 aliphatic heterocycles. The lowest BCUT2D eigenvalue weighted by atomic mass is 9.88.